The first kappa shape index (κ1) is 16.7. The van der Waals surface area contributed by atoms with E-state index in [-0.39, 0.29) is 5.56 Å². The van der Waals surface area contributed by atoms with Gasteiger partial charge in [-0.2, -0.15) is 0 Å². The average molecular weight is 339 g/mol. The molecular formula is C19H21N3OS. The van der Waals surface area contributed by atoms with Gasteiger partial charge in [0.15, 0.2) is 0 Å². The summed E-state index contributed by atoms with van der Waals surface area (Å²) in [5.74, 6) is 0. The number of nitrogens with zero attached hydrogens (tertiary/aromatic N) is 3. The number of hydrogen-bond acceptors (Lipinski definition) is 4. The molecule has 24 heavy (non-hydrogen) atoms. The molecule has 0 saturated heterocycles. The number of thioether (sulfide) groups is 1. The lowest BCUT2D eigenvalue weighted by molar-refractivity contribution is 0.315. The zero-order valence-electron chi connectivity index (χ0n) is 14.2. The van der Waals surface area contributed by atoms with Gasteiger partial charge in [-0.3, -0.25) is 14.1 Å². The maximum atomic E-state index is 12.3. The summed E-state index contributed by atoms with van der Waals surface area (Å²) >= 11 is 1.74. The van der Waals surface area contributed by atoms with E-state index in [9.17, 15) is 4.79 Å². The summed E-state index contributed by atoms with van der Waals surface area (Å²) in [4.78, 5) is 20.3. The number of benzene rings is 1. The lowest BCUT2D eigenvalue weighted by Gasteiger charge is -2.16. The third kappa shape index (κ3) is 3.86. The van der Waals surface area contributed by atoms with Crippen molar-refractivity contribution >= 4 is 17.4 Å². The summed E-state index contributed by atoms with van der Waals surface area (Å²) in [6.07, 6.45) is 3.90. The van der Waals surface area contributed by atoms with Crippen LogP contribution >= 0.6 is 11.8 Å². The molecule has 124 valence electrons. The van der Waals surface area contributed by atoms with Gasteiger partial charge in [-0.15, -0.1) is 11.8 Å². The zero-order chi connectivity index (χ0) is 17.1. The molecule has 2 aromatic heterocycles. The van der Waals surface area contributed by atoms with Crippen LogP contribution in [-0.2, 0) is 13.1 Å². The monoisotopic (exact) mass is 339 g/mol. The van der Waals surface area contributed by atoms with Crippen molar-refractivity contribution in [2.24, 2.45) is 0 Å². The molecule has 0 aliphatic rings. The van der Waals surface area contributed by atoms with E-state index in [0.717, 1.165) is 17.8 Å². The Bertz CT molecular complexity index is 903. The number of rotatable bonds is 5. The minimum atomic E-state index is -0.0311. The summed E-state index contributed by atoms with van der Waals surface area (Å²) in [7, 11) is 2.04. The van der Waals surface area contributed by atoms with Crippen molar-refractivity contribution in [2.45, 2.75) is 24.9 Å². The molecule has 0 spiro atoms. The highest BCUT2D eigenvalue weighted by molar-refractivity contribution is 7.98. The highest BCUT2D eigenvalue weighted by Gasteiger charge is 2.07. The fourth-order valence-corrected chi connectivity index (χ4v) is 3.12. The van der Waals surface area contributed by atoms with Crippen molar-refractivity contribution in [1.82, 2.24) is 14.3 Å². The summed E-state index contributed by atoms with van der Waals surface area (Å²) in [5.41, 5.74) is 3.76. The topological polar surface area (TPSA) is 37.6 Å². The van der Waals surface area contributed by atoms with Crippen molar-refractivity contribution in [1.29, 1.82) is 0 Å². The molecular weight excluding hydrogens is 318 g/mol. The number of fused-ring (bicyclic) bond motifs is 1. The van der Waals surface area contributed by atoms with Crippen LogP contribution in [-0.4, -0.2) is 27.6 Å². The predicted octanol–water partition coefficient (Wildman–Crippen LogP) is 3.36. The van der Waals surface area contributed by atoms with E-state index in [0.29, 0.717) is 12.2 Å². The Morgan fingerprint density at radius 3 is 2.58 bits per heavy atom. The van der Waals surface area contributed by atoms with Crippen molar-refractivity contribution in [2.75, 3.05) is 13.3 Å². The van der Waals surface area contributed by atoms with Gasteiger partial charge in [0.2, 0.25) is 0 Å². The first-order valence-electron chi connectivity index (χ1n) is 7.85. The molecule has 3 aromatic rings. The maximum Gasteiger partial charge on any atom is 0.258 e. The third-order valence-electron chi connectivity index (χ3n) is 3.90. The second-order valence-electron chi connectivity index (χ2n) is 6.04. The van der Waals surface area contributed by atoms with Crippen LogP contribution in [0, 0.1) is 6.92 Å². The van der Waals surface area contributed by atoms with Crippen molar-refractivity contribution in [3.63, 3.8) is 0 Å². The van der Waals surface area contributed by atoms with E-state index < -0.39 is 0 Å². The normalized spacial score (nSPS) is 11.3. The molecule has 0 saturated carbocycles. The zero-order valence-corrected chi connectivity index (χ0v) is 15.0. The fourth-order valence-electron chi connectivity index (χ4n) is 2.71. The molecule has 0 radical (unpaired) electrons. The van der Waals surface area contributed by atoms with Gasteiger partial charge >= 0.3 is 0 Å². The highest BCUT2D eigenvalue weighted by atomic mass is 32.2. The highest BCUT2D eigenvalue weighted by Crippen LogP contribution is 2.16. The quantitative estimate of drug-likeness (QED) is 0.668. The summed E-state index contributed by atoms with van der Waals surface area (Å²) in [5, 5.41) is 0. The smallest absolute Gasteiger partial charge is 0.258 e. The average Bonchev–Trinajstić information content (AvgIpc) is 2.56. The second kappa shape index (κ2) is 7.20. The molecule has 1 aromatic carbocycles. The van der Waals surface area contributed by atoms with Gasteiger partial charge in [-0.1, -0.05) is 18.2 Å². The molecule has 5 heteroatoms. The molecule has 0 amide bonds. The van der Waals surface area contributed by atoms with Gasteiger partial charge in [0.25, 0.3) is 5.56 Å². The van der Waals surface area contributed by atoms with Gasteiger partial charge in [0, 0.05) is 30.2 Å². The van der Waals surface area contributed by atoms with Crippen LogP contribution in [0.4, 0.5) is 0 Å². The van der Waals surface area contributed by atoms with Crippen LogP contribution in [0.1, 0.15) is 16.8 Å². The van der Waals surface area contributed by atoms with Crippen LogP contribution in [0.25, 0.3) is 5.65 Å². The number of pyridine rings is 1. The Kier molecular flexibility index (Phi) is 5.02. The number of aryl methyl sites for hydroxylation is 1. The van der Waals surface area contributed by atoms with Gasteiger partial charge in [-0.25, -0.2) is 4.98 Å². The second-order valence-corrected chi connectivity index (χ2v) is 6.92. The minimum Gasteiger partial charge on any atom is -0.296 e. The molecule has 2 heterocycles. The number of aromatic nitrogens is 2. The van der Waals surface area contributed by atoms with Crippen LogP contribution in [0.5, 0.6) is 0 Å². The Hall–Kier alpha value is -2.11. The standard InChI is InChI=1S/C19H21N3OS/c1-14-4-9-18-20-16(10-19(23)22(18)11-14)13-21(2)12-15-5-7-17(24-3)8-6-15/h4-11H,12-13H2,1-3H3. The fraction of sp³-hybridized carbons (Fsp3) is 0.263. The van der Waals surface area contributed by atoms with E-state index in [2.05, 4.69) is 40.4 Å². The minimum absolute atomic E-state index is 0.0311. The van der Waals surface area contributed by atoms with Gasteiger partial charge < -0.3 is 0 Å². The maximum absolute atomic E-state index is 12.3. The molecule has 0 aliphatic heterocycles. The lowest BCUT2D eigenvalue weighted by atomic mass is 10.2. The Labute approximate surface area is 146 Å². The molecule has 0 bridgehead atoms. The Balaban J connectivity index is 1.76. The van der Waals surface area contributed by atoms with Crippen LogP contribution in [0.3, 0.4) is 0 Å². The van der Waals surface area contributed by atoms with Crippen molar-refractivity contribution < 1.29 is 0 Å². The van der Waals surface area contributed by atoms with Gasteiger partial charge in [0.05, 0.1) is 5.69 Å². The lowest BCUT2D eigenvalue weighted by Crippen LogP contribution is -2.22. The van der Waals surface area contributed by atoms with Crippen LogP contribution in [0.15, 0.2) is 58.4 Å². The first-order valence-corrected chi connectivity index (χ1v) is 9.08. The summed E-state index contributed by atoms with van der Waals surface area (Å²) < 4.78 is 1.60. The SMILES string of the molecule is CSc1ccc(CN(C)Cc2cc(=O)n3cc(C)ccc3n2)cc1. The molecule has 4 nitrogen and oxygen atoms in total. The van der Waals surface area contributed by atoms with E-state index in [1.807, 2.05) is 32.3 Å². The molecule has 0 N–H and O–H groups in total. The summed E-state index contributed by atoms with van der Waals surface area (Å²) in [6, 6.07) is 14.1. The van der Waals surface area contributed by atoms with E-state index in [1.54, 1.807) is 22.2 Å². The van der Waals surface area contributed by atoms with Crippen molar-refractivity contribution in [3.05, 3.63) is 75.8 Å². The first-order chi connectivity index (χ1) is 11.5. The van der Waals surface area contributed by atoms with Crippen molar-refractivity contribution in [3.8, 4) is 0 Å². The van der Waals surface area contributed by atoms with Crippen LogP contribution in [0.2, 0.25) is 0 Å². The van der Waals surface area contributed by atoms with E-state index in [4.69, 9.17) is 0 Å². The molecule has 0 atom stereocenters. The Morgan fingerprint density at radius 2 is 1.88 bits per heavy atom. The van der Waals surface area contributed by atoms with Gasteiger partial charge in [0.1, 0.15) is 5.65 Å². The van der Waals surface area contributed by atoms with Crippen LogP contribution < -0.4 is 5.56 Å². The third-order valence-corrected chi connectivity index (χ3v) is 4.65. The van der Waals surface area contributed by atoms with E-state index in [1.165, 1.54) is 10.5 Å². The summed E-state index contributed by atoms with van der Waals surface area (Å²) in [6.45, 7) is 3.43. The largest absolute Gasteiger partial charge is 0.296 e. The molecule has 0 fully saturated rings. The molecule has 0 unspecified atom stereocenters. The molecule has 3 rings (SSSR count). The molecule has 0 aliphatic carbocycles. The number of hydrogen-bond donors (Lipinski definition) is 0. The van der Waals surface area contributed by atoms with Gasteiger partial charge in [-0.05, 0) is 49.6 Å². The predicted molar refractivity (Wildman–Crippen MR) is 99.6 cm³/mol. The Morgan fingerprint density at radius 1 is 1.12 bits per heavy atom. The van der Waals surface area contributed by atoms with E-state index >= 15 is 0 Å².